The number of hydrogen-bond acceptors (Lipinski definition) is 2. The summed E-state index contributed by atoms with van der Waals surface area (Å²) in [5, 5.41) is 5.13. The highest BCUT2D eigenvalue weighted by molar-refractivity contribution is 6.31. The lowest BCUT2D eigenvalue weighted by molar-refractivity contribution is 0.306. The molecular formula is C36H53ClO2. The number of hydrogen-bond donors (Lipinski definition) is 0. The van der Waals surface area contributed by atoms with Crippen LogP contribution in [-0.2, 0) is 0 Å². The molecule has 3 heteroatoms. The van der Waals surface area contributed by atoms with Crippen LogP contribution in [0.3, 0.4) is 0 Å². The maximum absolute atomic E-state index is 6.49. The second-order valence-electron chi connectivity index (χ2n) is 11.2. The summed E-state index contributed by atoms with van der Waals surface area (Å²) in [6.07, 6.45) is 23.6. The standard InChI is InChI=1S/C36H53ClO2/c1-3-5-7-9-11-13-15-17-21-27-38-35-31-23-19-20-24-32(31)36(34-29-30(37)25-26-33(34)35)39-28-22-18-16-14-12-10-8-6-4-2/h19-20,23-26,29H,3-18,21-22,27-28H2,1-2H3. The van der Waals surface area contributed by atoms with Gasteiger partial charge in [-0.15, -0.1) is 0 Å². The summed E-state index contributed by atoms with van der Waals surface area (Å²) < 4.78 is 13.0. The van der Waals surface area contributed by atoms with Crippen LogP contribution in [0.2, 0.25) is 5.02 Å². The fourth-order valence-electron chi connectivity index (χ4n) is 5.56. The van der Waals surface area contributed by atoms with E-state index < -0.39 is 0 Å². The summed E-state index contributed by atoms with van der Waals surface area (Å²) in [6.45, 7) is 6.04. The van der Waals surface area contributed by atoms with E-state index in [9.17, 15) is 0 Å². The predicted molar refractivity (Wildman–Crippen MR) is 172 cm³/mol. The number of rotatable bonds is 22. The molecule has 216 valence electrons. The number of benzene rings is 3. The Labute approximate surface area is 243 Å². The minimum Gasteiger partial charge on any atom is -0.492 e. The molecule has 0 saturated heterocycles. The van der Waals surface area contributed by atoms with Gasteiger partial charge in [-0.05, 0) is 31.0 Å². The zero-order valence-corrected chi connectivity index (χ0v) is 25.6. The van der Waals surface area contributed by atoms with Gasteiger partial charge in [-0.25, -0.2) is 0 Å². The zero-order chi connectivity index (χ0) is 27.5. The molecule has 0 saturated carbocycles. The van der Waals surface area contributed by atoms with Gasteiger partial charge in [-0.3, -0.25) is 0 Å². The summed E-state index contributed by atoms with van der Waals surface area (Å²) in [5.41, 5.74) is 0. The fourth-order valence-corrected chi connectivity index (χ4v) is 5.73. The van der Waals surface area contributed by atoms with Gasteiger partial charge in [0, 0.05) is 26.6 Å². The molecule has 0 spiro atoms. The Balaban J connectivity index is 1.57. The second-order valence-corrected chi connectivity index (χ2v) is 11.7. The van der Waals surface area contributed by atoms with Crippen LogP contribution in [0.4, 0.5) is 0 Å². The van der Waals surface area contributed by atoms with E-state index in [0.29, 0.717) is 0 Å². The molecule has 0 aliphatic carbocycles. The second kappa shape index (κ2) is 19.2. The summed E-state index contributed by atoms with van der Waals surface area (Å²) >= 11 is 6.48. The van der Waals surface area contributed by atoms with Gasteiger partial charge in [0.05, 0.1) is 13.2 Å². The van der Waals surface area contributed by atoms with Gasteiger partial charge in [0.2, 0.25) is 0 Å². The Morgan fingerprint density at radius 1 is 0.462 bits per heavy atom. The van der Waals surface area contributed by atoms with Crippen molar-refractivity contribution in [2.45, 2.75) is 129 Å². The fraction of sp³-hybridized carbons (Fsp3) is 0.611. The largest absolute Gasteiger partial charge is 0.492 e. The molecule has 0 fully saturated rings. The molecule has 3 aromatic carbocycles. The van der Waals surface area contributed by atoms with Crippen molar-refractivity contribution in [2.75, 3.05) is 13.2 Å². The van der Waals surface area contributed by atoms with Crippen LogP contribution in [0.1, 0.15) is 129 Å². The average molecular weight is 553 g/mol. The van der Waals surface area contributed by atoms with E-state index in [0.717, 1.165) is 64.1 Å². The van der Waals surface area contributed by atoms with Crippen molar-refractivity contribution in [3.8, 4) is 11.5 Å². The van der Waals surface area contributed by atoms with Gasteiger partial charge in [0.1, 0.15) is 11.5 Å². The Morgan fingerprint density at radius 3 is 1.31 bits per heavy atom. The lowest BCUT2D eigenvalue weighted by Gasteiger charge is -2.18. The van der Waals surface area contributed by atoms with Crippen LogP contribution in [-0.4, -0.2) is 13.2 Å². The first-order valence-corrected chi connectivity index (χ1v) is 16.5. The number of halogens is 1. The van der Waals surface area contributed by atoms with Crippen LogP contribution in [0.25, 0.3) is 21.5 Å². The third-order valence-electron chi connectivity index (χ3n) is 7.88. The molecule has 0 aliphatic heterocycles. The van der Waals surface area contributed by atoms with Gasteiger partial charge >= 0.3 is 0 Å². The van der Waals surface area contributed by atoms with Gasteiger partial charge < -0.3 is 9.47 Å². The van der Waals surface area contributed by atoms with Gasteiger partial charge in [-0.1, -0.05) is 152 Å². The van der Waals surface area contributed by atoms with Gasteiger partial charge in [-0.2, -0.15) is 0 Å². The van der Waals surface area contributed by atoms with Crippen molar-refractivity contribution in [1.82, 2.24) is 0 Å². The van der Waals surface area contributed by atoms with Crippen molar-refractivity contribution < 1.29 is 9.47 Å². The average Bonchev–Trinajstić information content (AvgIpc) is 2.95. The van der Waals surface area contributed by atoms with E-state index >= 15 is 0 Å². The van der Waals surface area contributed by atoms with Crippen molar-refractivity contribution >= 4 is 33.1 Å². The zero-order valence-electron chi connectivity index (χ0n) is 24.9. The van der Waals surface area contributed by atoms with E-state index in [2.05, 4.69) is 44.2 Å². The van der Waals surface area contributed by atoms with Crippen molar-refractivity contribution in [2.24, 2.45) is 0 Å². The number of ether oxygens (including phenoxy) is 2. The Bertz CT molecular complexity index is 1080. The quantitative estimate of drug-likeness (QED) is 0.0911. The minimum absolute atomic E-state index is 0.732. The predicted octanol–water partition coefficient (Wildman–Crippen LogP) is 12.5. The minimum atomic E-state index is 0.732. The molecule has 0 heterocycles. The summed E-state index contributed by atoms with van der Waals surface area (Å²) in [4.78, 5) is 0. The van der Waals surface area contributed by atoms with Gasteiger partial charge in [0.15, 0.2) is 0 Å². The normalized spacial score (nSPS) is 11.5. The highest BCUT2D eigenvalue weighted by Gasteiger charge is 2.16. The highest BCUT2D eigenvalue weighted by Crippen LogP contribution is 2.43. The van der Waals surface area contributed by atoms with E-state index in [1.165, 1.54) is 103 Å². The number of fused-ring (bicyclic) bond motifs is 2. The summed E-state index contributed by atoms with van der Waals surface area (Å²) in [6, 6.07) is 14.6. The van der Waals surface area contributed by atoms with Crippen LogP contribution in [0.15, 0.2) is 42.5 Å². The lowest BCUT2D eigenvalue weighted by Crippen LogP contribution is -2.02. The lowest BCUT2D eigenvalue weighted by atomic mass is 10.0. The third-order valence-corrected chi connectivity index (χ3v) is 8.11. The third kappa shape index (κ3) is 10.9. The Morgan fingerprint density at radius 2 is 0.846 bits per heavy atom. The van der Waals surface area contributed by atoms with Crippen LogP contribution in [0, 0.1) is 0 Å². The van der Waals surface area contributed by atoms with E-state index in [4.69, 9.17) is 21.1 Å². The van der Waals surface area contributed by atoms with E-state index in [1.54, 1.807) is 0 Å². The van der Waals surface area contributed by atoms with Crippen molar-refractivity contribution in [3.05, 3.63) is 47.5 Å². The molecule has 3 aromatic rings. The molecular weight excluding hydrogens is 500 g/mol. The smallest absolute Gasteiger partial charge is 0.135 e. The molecule has 0 aliphatic rings. The molecule has 0 N–H and O–H groups in total. The molecule has 2 nitrogen and oxygen atoms in total. The summed E-state index contributed by atoms with van der Waals surface area (Å²) in [7, 11) is 0. The molecule has 3 rings (SSSR count). The monoisotopic (exact) mass is 552 g/mol. The summed E-state index contributed by atoms with van der Waals surface area (Å²) in [5.74, 6) is 1.91. The molecule has 0 aromatic heterocycles. The molecule has 0 radical (unpaired) electrons. The van der Waals surface area contributed by atoms with E-state index in [-0.39, 0.29) is 0 Å². The van der Waals surface area contributed by atoms with Crippen molar-refractivity contribution in [1.29, 1.82) is 0 Å². The Hall–Kier alpha value is -1.93. The SMILES string of the molecule is CCCCCCCCCCCOc1c2ccccc2c(OCCCCCCCCCCC)c2cc(Cl)ccc12. The first-order valence-electron chi connectivity index (χ1n) is 16.2. The molecule has 0 bridgehead atoms. The molecule has 0 amide bonds. The van der Waals surface area contributed by atoms with Crippen LogP contribution >= 0.6 is 11.6 Å². The van der Waals surface area contributed by atoms with Crippen molar-refractivity contribution in [3.63, 3.8) is 0 Å². The molecule has 0 unspecified atom stereocenters. The highest BCUT2D eigenvalue weighted by atomic mass is 35.5. The Kier molecular flexibility index (Phi) is 15.6. The first-order chi connectivity index (χ1) is 19.3. The van der Waals surface area contributed by atoms with Crippen LogP contribution in [0.5, 0.6) is 11.5 Å². The van der Waals surface area contributed by atoms with E-state index in [1.807, 2.05) is 12.1 Å². The first kappa shape index (κ1) is 31.6. The topological polar surface area (TPSA) is 18.5 Å². The van der Waals surface area contributed by atoms with Crippen LogP contribution < -0.4 is 9.47 Å². The number of unbranched alkanes of at least 4 members (excludes halogenated alkanes) is 16. The maximum atomic E-state index is 6.49. The molecule has 0 atom stereocenters. The van der Waals surface area contributed by atoms with Gasteiger partial charge in [0.25, 0.3) is 0 Å². The molecule has 39 heavy (non-hydrogen) atoms. The maximum Gasteiger partial charge on any atom is 0.135 e.